The predicted octanol–water partition coefficient (Wildman–Crippen LogP) is 9.07. The summed E-state index contributed by atoms with van der Waals surface area (Å²) >= 11 is 0. The van der Waals surface area contributed by atoms with Gasteiger partial charge in [-0.1, -0.05) is 84.5 Å². The lowest BCUT2D eigenvalue weighted by atomic mass is 9.57. The number of hydrogen-bond donors (Lipinski definition) is 0. The Bertz CT molecular complexity index is 479. The van der Waals surface area contributed by atoms with Gasteiger partial charge in [-0.15, -0.1) is 0 Å². The molecule has 1 heteroatoms. The molecule has 3 fully saturated rings. The molecule has 0 unspecified atom stereocenters. The predicted molar refractivity (Wildman–Crippen MR) is 125 cm³/mol. The third-order valence-corrected chi connectivity index (χ3v) is 9.49. The van der Waals surface area contributed by atoms with Crippen LogP contribution in [0.5, 0.6) is 0 Å². The van der Waals surface area contributed by atoms with Crippen LogP contribution in [0.1, 0.15) is 136 Å². The molecule has 166 valence electrons. The van der Waals surface area contributed by atoms with Crippen molar-refractivity contribution in [3.63, 3.8) is 0 Å². The van der Waals surface area contributed by atoms with E-state index in [0.29, 0.717) is 5.92 Å². The van der Waals surface area contributed by atoms with E-state index in [1.165, 1.54) is 122 Å². The molecule has 0 heterocycles. The number of nitrogens with zero attached hydrogens (tertiary/aromatic N) is 1. The molecule has 0 spiro atoms. The van der Waals surface area contributed by atoms with E-state index >= 15 is 0 Å². The van der Waals surface area contributed by atoms with Gasteiger partial charge in [-0.25, -0.2) is 0 Å². The topological polar surface area (TPSA) is 23.8 Å². The minimum absolute atomic E-state index is 0.0458. The smallest absolute Gasteiger partial charge is 0.0692 e. The van der Waals surface area contributed by atoms with Gasteiger partial charge in [0, 0.05) is 0 Å². The molecule has 3 rings (SSSR count). The van der Waals surface area contributed by atoms with Crippen LogP contribution in [0.3, 0.4) is 0 Å². The van der Waals surface area contributed by atoms with E-state index in [-0.39, 0.29) is 5.41 Å². The second kappa shape index (κ2) is 11.8. The van der Waals surface area contributed by atoms with E-state index in [1.807, 2.05) is 0 Å². The van der Waals surface area contributed by atoms with Gasteiger partial charge in [0.1, 0.15) is 0 Å². The van der Waals surface area contributed by atoms with E-state index in [9.17, 15) is 5.26 Å². The van der Waals surface area contributed by atoms with Crippen molar-refractivity contribution in [1.29, 1.82) is 5.26 Å². The van der Waals surface area contributed by atoms with E-state index in [0.717, 1.165) is 23.7 Å². The van der Waals surface area contributed by atoms with Crippen LogP contribution < -0.4 is 0 Å². The highest BCUT2D eigenvalue weighted by molar-refractivity contribution is 5.06. The van der Waals surface area contributed by atoms with Crippen LogP contribution in [0.4, 0.5) is 0 Å². The van der Waals surface area contributed by atoms with Crippen LogP contribution in [0.25, 0.3) is 0 Å². The van der Waals surface area contributed by atoms with Crippen LogP contribution in [0.2, 0.25) is 0 Å². The van der Waals surface area contributed by atoms with Crippen molar-refractivity contribution in [2.75, 3.05) is 0 Å². The van der Waals surface area contributed by atoms with E-state index in [1.54, 1.807) is 0 Å². The first-order valence-corrected chi connectivity index (χ1v) is 13.6. The van der Waals surface area contributed by atoms with Crippen LogP contribution in [-0.2, 0) is 0 Å². The Morgan fingerprint density at radius 3 is 1.83 bits per heavy atom. The SMILES string of the molecule is CCCCCCC1CCC(C2CCC(C#N)(C3CCC(CCC)CC3)CC2)CC1. The Labute approximate surface area is 182 Å². The van der Waals surface area contributed by atoms with Crippen LogP contribution in [0, 0.1) is 46.3 Å². The molecule has 0 aromatic carbocycles. The van der Waals surface area contributed by atoms with Gasteiger partial charge in [0.15, 0.2) is 0 Å². The standard InChI is InChI=1S/C28H49N/c1-3-5-6-7-9-24-10-14-25(15-11-24)26-18-20-28(22-29,21-19-26)27-16-12-23(8-4-2)13-17-27/h23-27H,3-21H2,1-2H3. The maximum atomic E-state index is 10.2. The van der Waals surface area contributed by atoms with Crippen LogP contribution in [-0.4, -0.2) is 0 Å². The Balaban J connectivity index is 1.40. The molecule has 0 saturated heterocycles. The van der Waals surface area contributed by atoms with Crippen molar-refractivity contribution in [1.82, 2.24) is 0 Å². The molecule has 0 aromatic heterocycles. The molecule has 3 aliphatic carbocycles. The van der Waals surface area contributed by atoms with E-state index < -0.39 is 0 Å². The fraction of sp³-hybridized carbons (Fsp3) is 0.964. The minimum Gasteiger partial charge on any atom is -0.198 e. The molecular weight excluding hydrogens is 350 g/mol. The molecular formula is C28H49N. The number of unbranched alkanes of at least 4 members (excludes halogenated alkanes) is 3. The Morgan fingerprint density at radius 2 is 1.24 bits per heavy atom. The summed E-state index contributed by atoms with van der Waals surface area (Å²) in [6.07, 6.45) is 26.5. The minimum atomic E-state index is 0.0458. The largest absolute Gasteiger partial charge is 0.198 e. The van der Waals surface area contributed by atoms with Crippen molar-refractivity contribution >= 4 is 0 Å². The third kappa shape index (κ3) is 6.24. The second-order valence-corrected chi connectivity index (χ2v) is 11.2. The van der Waals surface area contributed by atoms with Gasteiger partial charge in [0.2, 0.25) is 0 Å². The Kier molecular flexibility index (Phi) is 9.40. The summed E-state index contributed by atoms with van der Waals surface area (Å²) in [5, 5.41) is 10.2. The zero-order chi connectivity index (χ0) is 20.5. The summed E-state index contributed by atoms with van der Waals surface area (Å²) in [5.41, 5.74) is 0.0458. The van der Waals surface area contributed by atoms with Gasteiger partial charge in [0.05, 0.1) is 11.5 Å². The first kappa shape index (κ1) is 23.2. The highest BCUT2D eigenvalue weighted by Crippen LogP contribution is 2.52. The average molecular weight is 400 g/mol. The van der Waals surface area contributed by atoms with Crippen molar-refractivity contribution < 1.29 is 0 Å². The maximum Gasteiger partial charge on any atom is 0.0692 e. The Hall–Kier alpha value is -0.510. The van der Waals surface area contributed by atoms with E-state index in [4.69, 9.17) is 0 Å². The first-order chi connectivity index (χ1) is 14.2. The lowest BCUT2D eigenvalue weighted by Gasteiger charge is -2.46. The van der Waals surface area contributed by atoms with Gasteiger partial charge in [-0.2, -0.15) is 5.26 Å². The molecule has 0 aliphatic heterocycles. The third-order valence-electron chi connectivity index (χ3n) is 9.49. The molecule has 0 radical (unpaired) electrons. The lowest BCUT2D eigenvalue weighted by Crippen LogP contribution is -2.38. The maximum absolute atomic E-state index is 10.2. The molecule has 0 bridgehead atoms. The normalized spacial score (nSPS) is 38.4. The van der Waals surface area contributed by atoms with Crippen molar-refractivity contribution in [2.45, 2.75) is 136 Å². The molecule has 3 saturated carbocycles. The summed E-state index contributed by atoms with van der Waals surface area (Å²) in [6, 6.07) is 2.90. The molecule has 0 amide bonds. The molecule has 29 heavy (non-hydrogen) atoms. The van der Waals surface area contributed by atoms with Crippen molar-refractivity contribution in [3.05, 3.63) is 0 Å². The fourth-order valence-corrected chi connectivity index (χ4v) is 7.46. The molecule has 0 aromatic rings. The van der Waals surface area contributed by atoms with Crippen molar-refractivity contribution in [3.8, 4) is 6.07 Å². The highest BCUT2D eigenvalue weighted by Gasteiger charge is 2.44. The highest BCUT2D eigenvalue weighted by atomic mass is 14.5. The molecule has 3 aliphatic rings. The average Bonchev–Trinajstić information content (AvgIpc) is 2.78. The van der Waals surface area contributed by atoms with Gasteiger partial charge in [-0.3, -0.25) is 0 Å². The molecule has 0 atom stereocenters. The summed E-state index contributed by atoms with van der Waals surface area (Å²) < 4.78 is 0. The number of rotatable bonds is 9. The molecule has 1 nitrogen and oxygen atoms in total. The van der Waals surface area contributed by atoms with Gasteiger partial charge < -0.3 is 0 Å². The second-order valence-electron chi connectivity index (χ2n) is 11.2. The quantitative estimate of drug-likeness (QED) is 0.355. The van der Waals surface area contributed by atoms with Gasteiger partial charge in [0.25, 0.3) is 0 Å². The lowest BCUT2D eigenvalue weighted by molar-refractivity contribution is 0.0603. The van der Waals surface area contributed by atoms with Crippen LogP contribution in [0.15, 0.2) is 0 Å². The summed E-state index contributed by atoms with van der Waals surface area (Å²) in [6.45, 7) is 4.64. The fourth-order valence-electron chi connectivity index (χ4n) is 7.46. The van der Waals surface area contributed by atoms with Crippen LogP contribution >= 0.6 is 0 Å². The monoisotopic (exact) mass is 399 g/mol. The number of hydrogen-bond acceptors (Lipinski definition) is 1. The van der Waals surface area contributed by atoms with Gasteiger partial charge >= 0.3 is 0 Å². The number of nitriles is 1. The first-order valence-electron chi connectivity index (χ1n) is 13.6. The zero-order valence-electron chi connectivity index (χ0n) is 19.8. The summed E-state index contributed by atoms with van der Waals surface area (Å²) in [7, 11) is 0. The summed E-state index contributed by atoms with van der Waals surface area (Å²) in [5.74, 6) is 4.62. The van der Waals surface area contributed by atoms with Crippen molar-refractivity contribution in [2.24, 2.45) is 35.0 Å². The Morgan fingerprint density at radius 1 is 0.655 bits per heavy atom. The van der Waals surface area contributed by atoms with Gasteiger partial charge in [-0.05, 0) is 81.0 Å². The zero-order valence-corrected chi connectivity index (χ0v) is 19.8. The molecule has 0 N–H and O–H groups in total. The summed E-state index contributed by atoms with van der Waals surface area (Å²) in [4.78, 5) is 0. The van der Waals surface area contributed by atoms with E-state index in [2.05, 4.69) is 19.9 Å².